The SMILES string of the molecule is C#CCNC(=O)[C@@]1(Cc2ccccc2-c2cccnc2)CCN(Cc2cccnc2)C1. The Bertz CT molecular complexity index is 1060. The number of rotatable bonds is 7. The molecule has 0 spiro atoms. The first-order valence-electron chi connectivity index (χ1n) is 10.5. The number of nitrogens with zero attached hydrogens (tertiary/aromatic N) is 3. The maximum absolute atomic E-state index is 13.3. The van der Waals surface area contributed by atoms with Crippen molar-refractivity contribution < 1.29 is 4.79 Å². The minimum Gasteiger partial charge on any atom is -0.345 e. The summed E-state index contributed by atoms with van der Waals surface area (Å²) in [7, 11) is 0. The Balaban J connectivity index is 1.61. The van der Waals surface area contributed by atoms with Crippen molar-refractivity contribution in [1.29, 1.82) is 0 Å². The molecule has 4 rings (SSSR count). The first kappa shape index (κ1) is 20.8. The van der Waals surface area contributed by atoms with Crippen molar-refractivity contribution in [1.82, 2.24) is 20.2 Å². The van der Waals surface area contributed by atoms with Crippen molar-refractivity contribution in [3.8, 4) is 23.5 Å². The minimum atomic E-state index is -0.530. The van der Waals surface area contributed by atoms with Gasteiger partial charge in [0.25, 0.3) is 0 Å². The number of amides is 1. The van der Waals surface area contributed by atoms with Crippen LogP contribution in [0.4, 0.5) is 0 Å². The lowest BCUT2D eigenvalue weighted by molar-refractivity contribution is -0.130. The fraction of sp³-hybridized carbons (Fsp3) is 0.269. The molecule has 0 unspecified atom stereocenters. The molecular weight excluding hydrogens is 384 g/mol. The van der Waals surface area contributed by atoms with Crippen LogP contribution >= 0.6 is 0 Å². The van der Waals surface area contributed by atoms with Crippen LogP contribution < -0.4 is 5.32 Å². The molecular formula is C26H26N4O. The zero-order valence-corrected chi connectivity index (χ0v) is 17.5. The van der Waals surface area contributed by atoms with Gasteiger partial charge in [-0.2, -0.15) is 0 Å². The van der Waals surface area contributed by atoms with E-state index in [9.17, 15) is 4.79 Å². The predicted molar refractivity (Wildman–Crippen MR) is 122 cm³/mol. The molecule has 31 heavy (non-hydrogen) atoms. The highest BCUT2D eigenvalue weighted by atomic mass is 16.2. The fourth-order valence-electron chi connectivity index (χ4n) is 4.41. The number of aromatic nitrogens is 2. The molecule has 2 aromatic heterocycles. The fourth-order valence-corrected chi connectivity index (χ4v) is 4.41. The van der Waals surface area contributed by atoms with E-state index in [1.807, 2.05) is 36.7 Å². The van der Waals surface area contributed by atoms with Gasteiger partial charge < -0.3 is 5.32 Å². The van der Waals surface area contributed by atoms with Crippen LogP contribution in [0.1, 0.15) is 17.5 Å². The Labute approximate surface area is 183 Å². The molecule has 1 aliphatic heterocycles. The van der Waals surface area contributed by atoms with Crippen LogP contribution in [0.25, 0.3) is 11.1 Å². The molecule has 1 N–H and O–H groups in total. The van der Waals surface area contributed by atoms with E-state index >= 15 is 0 Å². The second kappa shape index (κ2) is 9.55. The Morgan fingerprint density at radius 3 is 2.65 bits per heavy atom. The molecule has 3 heterocycles. The van der Waals surface area contributed by atoms with Gasteiger partial charge in [-0.05, 0) is 48.2 Å². The van der Waals surface area contributed by atoms with Gasteiger partial charge in [0.05, 0.1) is 12.0 Å². The van der Waals surface area contributed by atoms with E-state index < -0.39 is 5.41 Å². The highest BCUT2D eigenvalue weighted by Crippen LogP contribution is 2.38. The molecule has 1 atom stereocenters. The van der Waals surface area contributed by atoms with Gasteiger partial charge in [0.2, 0.25) is 5.91 Å². The summed E-state index contributed by atoms with van der Waals surface area (Å²) in [5.74, 6) is 2.56. The molecule has 1 saturated heterocycles. The number of pyridine rings is 2. The first-order valence-corrected chi connectivity index (χ1v) is 10.5. The van der Waals surface area contributed by atoms with Gasteiger partial charge in [0, 0.05) is 43.4 Å². The molecule has 0 bridgehead atoms. The van der Waals surface area contributed by atoms with E-state index in [4.69, 9.17) is 6.42 Å². The quantitative estimate of drug-likeness (QED) is 0.607. The third-order valence-corrected chi connectivity index (χ3v) is 5.91. The van der Waals surface area contributed by atoms with Gasteiger partial charge in [-0.1, -0.05) is 42.3 Å². The van der Waals surface area contributed by atoms with Crippen LogP contribution in [0.15, 0.2) is 73.3 Å². The number of carbonyl (C=O) groups excluding carboxylic acids is 1. The lowest BCUT2D eigenvalue weighted by atomic mass is 9.78. The van der Waals surface area contributed by atoms with Crippen LogP contribution in [0.3, 0.4) is 0 Å². The lowest BCUT2D eigenvalue weighted by Gasteiger charge is -2.29. The summed E-state index contributed by atoms with van der Waals surface area (Å²) in [4.78, 5) is 24.1. The van der Waals surface area contributed by atoms with Crippen molar-refractivity contribution in [2.75, 3.05) is 19.6 Å². The lowest BCUT2D eigenvalue weighted by Crippen LogP contribution is -2.44. The molecule has 1 fully saturated rings. The number of nitrogens with one attached hydrogen (secondary N) is 1. The summed E-state index contributed by atoms with van der Waals surface area (Å²) >= 11 is 0. The molecule has 5 heteroatoms. The Hall–Kier alpha value is -3.49. The third kappa shape index (κ3) is 4.82. The van der Waals surface area contributed by atoms with Gasteiger partial charge >= 0.3 is 0 Å². The van der Waals surface area contributed by atoms with Crippen molar-refractivity contribution in [2.45, 2.75) is 19.4 Å². The van der Waals surface area contributed by atoms with Crippen molar-refractivity contribution in [3.05, 3.63) is 84.4 Å². The second-order valence-electron chi connectivity index (χ2n) is 8.06. The van der Waals surface area contributed by atoms with Crippen molar-refractivity contribution in [3.63, 3.8) is 0 Å². The standard InChI is InChI=1S/C26H26N4O/c1-2-12-29-25(31)26(11-15-30(20-26)19-21-7-5-13-27-17-21)16-22-8-3-4-10-24(22)23-9-6-14-28-18-23/h1,3-10,13-14,17-18H,11-12,15-16,19-20H2,(H,29,31)/t26-/m1/s1. The van der Waals surface area contributed by atoms with Gasteiger partial charge in [-0.15, -0.1) is 6.42 Å². The Morgan fingerprint density at radius 1 is 1.10 bits per heavy atom. The molecule has 3 aromatic rings. The van der Waals surface area contributed by atoms with Crippen LogP contribution in [0.2, 0.25) is 0 Å². The number of hydrogen-bond acceptors (Lipinski definition) is 4. The van der Waals surface area contributed by atoms with Gasteiger partial charge in [-0.25, -0.2) is 0 Å². The maximum atomic E-state index is 13.3. The Kier molecular flexibility index (Phi) is 6.40. The number of hydrogen-bond donors (Lipinski definition) is 1. The average molecular weight is 411 g/mol. The molecule has 5 nitrogen and oxygen atoms in total. The summed E-state index contributed by atoms with van der Waals surface area (Å²) in [6.07, 6.45) is 14.1. The minimum absolute atomic E-state index is 0.0279. The zero-order chi connectivity index (χ0) is 21.5. The topological polar surface area (TPSA) is 58.1 Å². The average Bonchev–Trinajstić information content (AvgIpc) is 3.22. The number of carbonyl (C=O) groups is 1. The van der Waals surface area contributed by atoms with E-state index in [-0.39, 0.29) is 12.5 Å². The highest BCUT2D eigenvalue weighted by Gasteiger charge is 2.44. The van der Waals surface area contributed by atoms with Crippen LogP contribution in [-0.4, -0.2) is 40.4 Å². The van der Waals surface area contributed by atoms with E-state index in [1.54, 1.807) is 12.4 Å². The van der Waals surface area contributed by atoms with Crippen LogP contribution in [-0.2, 0) is 17.8 Å². The van der Waals surface area contributed by atoms with E-state index in [1.165, 1.54) is 0 Å². The summed E-state index contributed by atoms with van der Waals surface area (Å²) in [5, 5.41) is 2.95. The number of likely N-dealkylation sites (tertiary alicyclic amines) is 1. The van der Waals surface area contributed by atoms with Gasteiger partial charge in [-0.3, -0.25) is 19.7 Å². The molecule has 0 aliphatic carbocycles. The molecule has 0 radical (unpaired) electrons. The smallest absolute Gasteiger partial charge is 0.228 e. The molecule has 0 saturated carbocycles. The molecule has 1 aromatic carbocycles. The van der Waals surface area contributed by atoms with Gasteiger partial charge in [0.15, 0.2) is 0 Å². The third-order valence-electron chi connectivity index (χ3n) is 5.91. The number of terminal acetylenes is 1. The monoisotopic (exact) mass is 410 g/mol. The molecule has 156 valence electrons. The normalized spacial score (nSPS) is 18.4. The maximum Gasteiger partial charge on any atom is 0.228 e. The van der Waals surface area contributed by atoms with Crippen LogP contribution in [0, 0.1) is 17.8 Å². The number of benzene rings is 1. The first-order chi connectivity index (χ1) is 15.2. The summed E-state index contributed by atoms with van der Waals surface area (Å²) in [5.41, 5.74) is 3.94. The van der Waals surface area contributed by atoms with Crippen LogP contribution in [0.5, 0.6) is 0 Å². The van der Waals surface area contributed by atoms with Crippen molar-refractivity contribution >= 4 is 5.91 Å². The largest absolute Gasteiger partial charge is 0.345 e. The van der Waals surface area contributed by atoms with Gasteiger partial charge in [0.1, 0.15) is 0 Å². The molecule has 1 aliphatic rings. The molecule has 1 amide bonds. The predicted octanol–water partition coefficient (Wildman–Crippen LogP) is 3.33. The van der Waals surface area contributed by atoms with E-state index in [0.29, 0.717) is 13.0 Å². The summed E-state index contributed by atoms with van der Waals surface area (Å²) in [6, 6.07) is 16.3. The second-order valence-corrected chi connectivity index (χ2v) is 8.06. The zero-order valence-electron chi connectivity index (χ0n) is 17.5. The van der Waals surface area contributed by atoms with Crippen molar-refractivity contribution in [2.24, 2.45) is 5.41 Å². The highest BCUT2D eigenvalue weighted by molar-refractivity contribution is 5.84. The summed E-state index contributed by atoms with van der Waals surface area (Å²) in [6.45, 7) is 2.56. The van der Waals surface area contributed by atoms with E-state index in [2.05, 4.69) is 50.4 Å². The summed E-state index contributed by atoms with van der Waals surface area (Å²) < 4.78 is 0. The Morgan fingerprint density at radius 2 is 1.90 bits per heavy atom. The van der Waals surface area contributed by atoms with E-state index in [0.717, 1.165) is 41.8 Å².